The molecule has 0 bridgehead atoms. The van der Waals surface area contributed by atoms with E-state index in [4.69, 9.17) is 0 Å². The van der Waals surface area contributed by atoms with Crippen LogP contribution in [0.1, 0.15) is 20.3 Å². The second-order valence-corrected chi connectivity index (χ2v) is 1.92. The van der Waals surface area contributed by atoms with Crippen LogP contribution in [0.4, 0.5) is 0 Å². The van der Waals surface area contributed by atoms with E-state index in [1.807, 2.05) is 6.29 Å². The zero-order chi connectivity index (χ0) is 9.11. The fourth-order valence-corrected chi connectivity index (χ4v) is 0.744. The summed E-state index contributed by atoms with van der Waals surface area (Å²) in [6, 6.07) is 0. The van der Waals surface area contributed by atoms with Crippen molar-refractivity contribution in [1.82, 2.24) is 4.90 Å². The van der Waals surface area contributed by atoms with Crippen LogP contribution in [0, 0.1) is 0 Å². The second kappa shape index (κ2) is 13.2. The molecule has 0 saturated heterocycles. The SMILES string of the molecule is CCN(CC)CC[C-]=O.[Cl][Pd+]. The molecule has 0 radical (unpaired) electrons. The first kappa shape index (κ1) is 14.1. The summed E-state index contributed by atoms with van der Waals surface area (Å²) in [5.74, 6) is 0. The molecule has 0 amide bonds. The number of hydrogen-bond acceptors (Lipinski definition) is 2. The molecule has 0 rings (SSSR count). The van der Waals surface area contributed by atoms with Crippen LogP contribution in [0.5, 0.6) is 0 Å². The molecule has 0 aromatic heterocycles. The van der Waals surface area contributed by atoms with E-state index in [2.05, 4.69) is 46.5 Å². The van der Waals surface area contributed by atoms with Gasteiger partial charge >= 0.3 is 27.7 Å². The molecule has 0 aliphatic carbocycles. The Morgan fingerprint density at radius 1 is 1.36 bits per heavy atom. The van der Waals surface area contributed by atoms with Gasteiger partial charge in [-0.3, -0.25) is 6.29 Å². The van der Waals surface area contributed by atoms with Crippen molar-refractivity contribution < 1.29 is 23.0 Å². The molecule has 0 aromatic carbocycles. The van der Waals surface area contributed by atoms with Crippen LogP contribution >= 0.6 is 9.53 Å². The third-order valence-electron chi connectivity index (χ3n) is 1.42. The molecule has 0 fully saturated rings. The van der Waals surface area contributed by atoms with E-state index < -0.39 is 0 Å². The molecule has 0 atom stereocenters. The van der Waals surface area contributed by atoms with Crippen molar-refractivity contribution in [2.75, 3.05) is 19.6 Å². The van der Waals surface area contributed by atoms with Crippen LogP contribution in [0.15, 0.2) is 0 Å². The fraction of sp³-hybridized carbons (Fsp3) is 0.857. The Labute approximate surface area is 83.7 Å². The molecule has 0 aliphatic rings. The molecule has 0 heterocycles. The van der Waals surface area contributed by atoms with Gasteiger partial charge < -0.3 is 9.69 Å². The summed E-state index contributed by atoms with van der Waals surface area (Å²) in [4.78, 5) is 12.0. The quantitative estimate of drug-likeness (QED) is 0.557. The van der Waals surface area contributed by atoms with Gasteiger partial charge in [0.2, 0.25) is 0 Å². The summed E-state index contributed by atoms with van der Waals surface area (Å²) in [6.07, 6.45) is 2.42. The zero-order valence-corrected chi connectivity index (χ0v) is 9.19. The molecule has 0 saturated carbocycles. The van der Waals surface area contributed by atoms with E-state index in [1.165, 1.54) is 0 Å². The van der Waals surface area contributed by atoms with Gasteiger partial charge in [0, 0.05) is 0 Å². The van der Waals surface area contributed by atoms with Gasteiger partial charge in [-0.2, -0.15) is 0 Å². The first-order valence-electron chi connectivity index (χ1n) is 3.54. The summed E-state index contributed by atoms with van der Waals surface area (Å²) in [5.41, 5.74) is 0. The average molecular weight is 270 g/mol. The topological polar surface area (TPSA) is 20.3 Å². The molecule has 4 heteroatoms. The van der Waals surface area contributed by atoms with Crippen molar-refractivity contribution in [3.63, 3.8) is 0 Å². The molecule has 0 N–H and O–H groups in total. The molecule has 11 heavy (non-hydrogen) atoms. The molecule has 0 aromatic rings. The standard InChI is InChI=1S/C7H14NO.ClH.Pd/c1-3-8(4-2)6-5-7-9;;/h3-6H2,1-2H3;1H;/q-1;;+2/p-1. The Kier molecular flexibility index (Phi) is 16.9. The van der Waals surface area contributed by atoms with Gasteiger partial charge in [0.1, 0.15) is 0 Å². The van der Waals surface area contributed by atoms with Crippen LogP contribution < -0.4 is 0 Å². The maximum atomic E-state index is 9.79. The minimum absolute atomic E-state index is 0.543. The van der Waals surface area contributed by atoms with Crippen molar-refractivity contribution in [3.8, 4) is 0 Å². The molecule has 70 valence electrons. The van der Waals surface area contributed by atoms with Gasteiger partial charge in [0.25, 0.3) is 0 Å². The Hall–Kier alpha value is 0.582. The zero-order valence-electron chi connectivity index (χ0n) is 6.88. The molecule has 0 spiro atoms. The Morgan fingerprint density at radius 2 is 1.82 bits per heavy atom. The van der Waals surface area contributed by atoms with E-state index in [9.17, 15) is 4.79 Å². The normalized spacial score (nSPS) is 8.91. The van der Waals surface area contributed by atoms with E-state index >= 15 is 0 Å². The first-order chi connectivity index (χ1) is 5.35. The van der Waals surface area contributed by atoms with Crippen molar-refractivity contribution in [2.24, 2.45) is 0 Å². The van der Waals surface area contributed by atoms with Gasteiger partial charge in [0.15, 0.2) is 0 Å². The fourth-order valence-electron chi connectivity index (χ4n) is 0.744. The number of nitrogens with zero attached hydrogens (tertiary/aromatic N) is 1. The first-order valence-corrected chi connectivity index (χ1v) is 5.54. The summed E-state index contributed by atoms with van der Waals surface area (Å²) in [6.45, 7) is 7.09. The molecule has 2 nitrogen and oxygen atoms in total. The van der Waals surface area contributed by atoms with Crippen molar-refractivity contribution in [3.05, 3.63) is 0 Å². The molecule has 0 aliphatic heterocycles. The van der Waals surface area contributed by atoms with Gasteiger partial charge in [-0.25, -0.2) is 0 Å². The van der Waals surface area contributed by atoms with Gasteiger partial charge in [0.05, 0.1) is 0 Å². The van der Waals surface area contributed by atoms with Gasteiger partial charge in [-0.05, 0) is 19.6 Å². The average Bonchev–Trinajstić information content (AvgIpc) is 2.10. The summed E-state index contributed by atoms with van der Waals surface area (Å²) in [5, 5.41) is 0. The molecular formula is C7H14ClNOPd. The van der Waals surface area contributed by atoms with Crippen LogP contribution in [-0.2, 0) is 23.0 Å². The Morgan fingerprint density at radius 3 is 2.09 bits per heavy atom. The van der Waals surface area contributed by atoms with Gasteiger partial charge in [-0.15, -0.1) is 6.42 Å². The third kappa shape index (κ3) is 10.6. The number of carbonyl (C=O) groups excluding carboxylic acids is 1. The number of hydrogen-bond donors (Lipinski definition) is 0. The van der Waals surface area contributed by atoms with E-state index in [1.54, 1.807) is 0 Å². The summed E-state index contributed by atoms with van der Waals surface area (Å²) < 4.78 is 0. The van der Waals surface area contributed by atoms with Crippen molar-refractivity contribution in [1.29, 1.82) is 0 Å². The van der Waals surface area contributed by atoms with Gasteiger partial charge in [-0.1, -0.05) is 13.8 Å². The minimum atomic E-state index is 0.543. The van der Waals surface area contributed by atoms with Crippen LogP contribution in [0.25, 0.3) is 0 Å². The number of rotatable bonds is 5. The molecule has 0 unspecified atom stereocenters. The summed E-state index contributed by atoms with van der Waals surface area (Å²) >= 11 is 2.22. The van der Waals surface area contributed by atoms with E-state index in [-0.39, 0.29) is 0 Å². The van der Waals surface area contributed by atoms with Crippen LogP contribution in [-0.4, -0.2) is 30.8 Å². The second-order valence-electron chi connectivity index (χ2n) is 1.92. The van der Waals surface area contributed by atoms with E-state index in [0.717, 1.165) is 19.6 Å². The van der Waals surface area contributed by atoms with Crippen LogP contribution in [0.2, 0.25) is 0 Å². The summed E-state index contributed by atoms with van der Waals surface area (Å²) in [7, 11) is 4.49. The Bertz CT molecular complexity index is 78.8. The molecular weight excluding hydrogens is 256 g/mol. The number of halogens is 1. The Balaban J connectivity index is 0. The van der Waals surface area contributed by atoms with Crippen LogP contribution in [0.3, 0.4) is 0 Å². The maximum absolute atomic E-state index is 9.79. The van der Waals surface area contributed by atoms with Crippen molar-refractivity contribution >= 4 is 15.8 Å². The third-order valence-corrected chi connectivity index (χ3v) is 1.42. The van der Waals surface area contributed by atoms with E-state index in [0.29, 0.717) is 6.42 Å². The van der Waals surface area contributed by atoms with Crippen molar-refractivity contribution in [2.45, 2.75) is 20.3 Å². The predicted octanol–water partition coefficient (Wildman–Crippen LogP) is 1.51. The monoisotopic (exact) mass is 269 g/mol. The predicted molar refractivity (Wildman–Crippen MR) is 44.0 cm³/mol.